The third kappa shape index (κ3) is 1.49. The molecule has 1 heterocycles. The highest BCUT2D eigenvalue weighted by molar-refractivity contribution is 6.31. The number of hydrogen-bond acceptors (Lipinski definition) is 2. The molecule has 14 heavy (non-hydrogen) atoms. The van der Waals surface area contributed by atoms with Gasteiger partial charge in [0.05, 0.1) is 5.52 Å². The van der Waals surface area contributed by atoms with Gasteiger partial charge < -0.3 is 5.73 Å². The molecule has 0 aliphatic rings. The molecule has 2 aromatic rings. The topological polar surface area (TPSA) is 54.7 Å². The van der Waals surface area contributed by atoms with Gasteiger partial charge in [0.15, 0.2) is 0 Å². The highest BCUT2D eigenvalue weighted by atomic mass is 35.5. The number of aromatic nitrogens is 2. The maximum absolute atomic E-state index is 6.01. The van der Waals surface area contributed by atoms with Gasteiger partial charge in [0.25, 0.3) is 0 Å². The predicted octanol–water partition coefficient (Wildman–Crippen LogP) is 2.03. The summed E-state index contributed by atoms with van der Waals surface area (Å²) in [5.74, 6) is 0. The minimum Gasteiger partial charge on any atom is -0.330 e. The number of halogens is 1. The Morgan fingerprint density at radius 2 is 2.29 bits per heavy atom. The molecule has 0 amide bonds. The molecule has 4 heteroatoms. The quantitative estimate of drug-likeness (QED) is 0.795. The second-order valence-electron chi connectivity index (χ2n) is 3.35. The molecule has 0 atom stereocenters. The first kappa shape index (κ1) is 9.49. The van der Waals surface area contributed by atoms with Crippen LogP contribution in [-0.4, -0.2) is 16.7 Å². The van der Waals surface area contributed by atoms with Crippen LogP contribution in [0, 0.1) is 6.92 Å². The number of H-pyrrole nitrogens is 1. The van der Waals surface area contributed by atoms with Crippen LogP contribution in [0.1, 0.15) is 11.3 Å². The van der Waals surface area contributed by atoms with Crippen molar-refractivity contribution in [2.75, 3.05) is 6.54 Å². The highest BCUT2D eigenvalue weighted by Crippen LogP contribution is 2.24. The molecule has 0 aliphatic carbocycles. The lowest BCUT2D eigenvalue weighted by molar-refractivity contribution is 0.968. The van der Waals surface area contributed by atoms with Gasteiger partial charge in [-0.2, -0.15) is 5.10 Å². The Labute approximate surface area is 87.2 Å². The van der Waals surface area contributed by atoms with Crippen LogP contribution in [0.3, 0.4) is 0 Å². The normalized spacial score (nSPS) is 11.1. The smallest absolute Gasteiger partial charge is 0.0957 e. The predicted molar refractivity (Wildman–Crippen MR) is 58.6 cm³/mol. The van der Waals surface area contributed by atoms with Crippen LogP contribution in [0.4, 0.5) is 0 Å². The lowest BCUT2D eigenvalue weighted by atomic mass is 10.1. The van der Waals surface area contributed by atoms with Gasteiger partial charge in [0.1, 0.15) is 0 Å². The van der Waals surface area contributed by atoms with Gasteiger partial charge in [-0.15, -0.1) is 0 Å². The fourth-order valence-electron chi connectivity index (χ4n) is 1.62. The van der Waals surface area contributed by atoms with Crippen LogP contribution in [0.15, 0.2) is 12.1 Å². The standard InChI is InChI=1S/C10H12ClN3/c1-6-9-5-8(11)4-7(2-3-12)10(9)14-13-6/h4-5H,2-3,12H2,1H3,(H,13,14). The summed E-state index contributed by atoms with van der Waals surface area (Å²) in [4.78, 5) is 0. The lowest BCUT2D eigenvalue weighted by Crippen LogP contribution is -2.03. The van der Waals surface area contributed by atoms with Crippen molar-refractivity contribution in [3.05, 3.63) is 28.4 Å². The van der Waals surface area contributed by atoms with E-state index in [4.69, 9.17) is 17.3 Å². The minimum atomic E-state index is 0.612. The van der Waals surface area contributed by atoms with Crippen molar-refractivity contribution in [2.24, 2.45) is 5.73 Å². The first-order valence-corrected chi connectivity index (χ1v) is 4.93. The molecule has 0 unspecified atom stereocenters. The van der Waals surface area contributed by atoms with Crippen molar-refractivity contribution >= 4 is 22.5 Å². The maximum Gasteiger partial charge on any atom is 0.0957 e. The third-order valence-electron chi connectivity index (χ3n) is 2.31. The SMILES string of the molecule is Cc1[nH]nc2c(CCN)cc(Cl)cc12. The number of hydrogen-bond donors (Lipinski definition) is 2. The Morgan fingerprint density at radius 1 is 1.50 bits per heavy atom. The number of benzene rings is 1. The summed E-state index contributed by atoms with van der Waals surface area (Å²) in [6.45, 7) is 2.60. The lowest BCUT2D eigenvalue weighted by Gasteiger charge is -2.01. The zero-order valence-electron chi connectivity index (χ0n) is 7.97. The molecule has 0 spiro atoms. The Kier molecular flexibility index (Phi) is 2.44. The second kappa shape index (κ2) is 3.59. The summed E-state index contributed by atoms with van der Waals surface area (Å²) < 4.78 is 0. The Morgan fingerprint density at radius 3 is 3.00 bits per heavy atom. The molecular weight excluding hydrogens is 198 g/mol. The van der Waals surface area contributed by atoms with Crippen molar-refractivity contribution in [1.29, 1.82) is 0 Å². The van der Waals surface area contributed by atoms with E-state index in [0.717, 1.165) is 33.6 Å². The molecule has 3 nitrogen and oxygen atoms in total. The molecule has 0 saturated carbocycles. The van der Waals surface area contributed by atoms with Crippen LogP contribution in [-0.2, 0) is 6.42 Å². The van der Waals surface area contributed by atoms with Crippen LogP contribution in [0.2, 0.25) is 5.02 Å². The molecule has 74 valence electrons. The largest absolute Gasteiger partial charge is 0.330 e. The van der Waals surface area contributed by atoms with Crippen LogP contribution in [0.25, 0.3) is 10.9 Å². The van der Waals surface area contributed by atoms with E-state index < -0.39 is 0 Å². The number of aromatic amines is 1. The van der Waals surface area contributed by atoms with Crippen molar-refractivity contribution in [3.8, 4) is 0 Å². The van der Waals surface area contributed by atoms with Crippen molar-refractivity contribution in [3.63, 3.8) is 0 Å². The summed E-state index contributed by atoms with van der Waals surface area (Å²) in [6.07, 6.45) is 0.807. The first-order chi connectivity index (χ1) is 6.72. The number of nitrogens with zero attached hydrogens (tertiary/aromatic N) is 1. The Balaban J connectivity index is 2.68. The van der Waals surface area contributed by atoms with Gasteiger partial charge in [-0.25, -0.2) is 0 Å². The molecule has 0 aliphatic heterocycles. The van der Waals surface area contributed by atoms with E-state index in [9.17, 15) is 0 Å². The Bertz CT molecular complexity index is 462. The van der Waals surface area contributed by atoms with E-state index in [-0.39, 0.29) is 0 Å². The molecule has 0 bridgehead atoms. The van der Waals surface area contributed by atoms with Crippen LogP contribution >= 0.6 is 11.6 Å². The maximum atomic E-state index is 6.01. The summed E-state index contributed by atoms with van der Waals surface area (Å²) >= 11 is 6.01. The number of fused-ring (bicyclic) bond motifs is 1. The average molecular weight is 210 g/mol. The summed E-state index contributed by atoms with van der Waals surface area (Å²) in [7, 11) is 0. The highest BCUT2D eigenvalue weighted by Gasteiger charge is 2.07. The molecule has 3 N–H and O–H groups in total. The van der Waals surface area contributed by atoms with E-state index in [1.165, 1.54) is 0 Å². The fraction of sp³-hybridized carbons (Fsp3) is 0.300. The molecule has 0 radical (unpaired) electrons. The second-order valence-corrected chi connectivity index (χ2v) is 3.78. The van der Waals surface area contributed by atoms with Crippen molar-refractivity contribution < 1.29 is 0 Å². The number of rotatable bonds is 2. The number of nitrogens with two attached hydrogens (primary N) is 1. The van der Waals surface area contributed by atoms with Gasteiger partial charge in [0, 0.05) is 16.1 Å². The van der Waals surface area contributed by atoms with Gasteiger partial charge in [-0.05, 0) is 37.6 Å². The van der Waals surface area contributed by atoms with E-state index in [0.29, 0.717) is 6.54 Å². The first-order valence-electron chi connectivity index (χ1n) is 4.55. The molecule has 2 rings (SSSR count). The molecule has 1 aromatic heterocycles. The van der Waals surface area contributed by atoms with E-state index in [1.54, 1.807) is 0 Å². The summed E-state index contributed by atoms with van der Waals surface area (Å²) in [6, 6.07) is 3.85. The van der Waals surface area contributed by atoms with Gasteiger partial charge >= 0.3 is 0 Å². The van der Waals surface area contributed by atoms with Gasteiger partial charge in [-0.3, -0.25) is 5.10 Å². The van der Waals surface area contributed by atoms with Crippen molar-refractivity contribution in [1.82, 2.24) is 10.2 Å². The fourth-order valence-corrected chi connectivity index (χ4v) is 1.86. The van der Waals surface area contributed by atoms with E-state index >= 15 is 0 Å². The minimum absolute atomic E-state index is 0.612. The monoisotopic (exact) mass is 209 g/mol. The average Bonchev–Trinajstić information content (AvgIpc) is 2.49. The number of aryl methyl sites for hydroxylation is 1. The Hall–Kier alpha value is -1.06. The van der Waals surface area contributed by atoms with E-state index in [2.05, 4.69) is 10.2 Å². The molecular formula is C10H12ClN3. The van der Waals surface area contributed by atoms with Crippen LogP contribution in [0.5, 0.6) is 0 Å². The zero-order valence-corrected chi connectivity index (χ0v) is 8.73. The van der Waals surface area contributed by atoms with Crippen molar-refractivity contribution in [2.45, 2.75) is 13.3 Å². The zero-order chi connectivity index (χ0) is 10.1. The third-order valence-corrected chi connectivity index (χ3v) is 2.52. The van der Waals surface area contributed by atoms with Gasteiger partial charge in [-0.1, -0.05) is 11.6 Å². The van der Waals surface area contributed by atoms with E-state index in [1.807, 2.05) is 19.1 Å². The summed E-state index contributed by atoms with van der Waals surface area (Å²) in [5.41, 5.74) is 8.66. The molecule has 0 fully saturated rings. The summed E-state index contributed by atoms with van der Waals surface area (Å²) in [5, 5.41) is 9.02. The number of nitrogens with one attached hydrogen (secondary N) is 1. The van der Waals surface area contributed by atoms with Gasteiger partial charge in [0.2, 0.25) is 0 Å². The van der Waals surface area contributed by atoms with Crippen LogP contribution < -0.4 is 5.73 Å². The molecule has 1 aromatic carbocycles. The molecule has 0 saturated heterocycles.